The summed E-state index contributed by atoms with van der Waals surface area (Å²) >= 11 is 6.27. The van der Waals surface area contributed by atoms with Crippen molar-refractivity contribution in [3.05, 3.63) is 22.7 Å². The molecule has 1 aromatic carbocycles. The van der Waals surface area contributed by atoms with Crippen molar-refractivity contribution < 1.29 is 28.9 Å². The monoisotopic (exact) mass is 371 g/mol. The van der Waals surface area contributed by atoms with E-state index in [0.717, 1.165) is 6.42 Å². The molecule has 1 N–H and O–H groups in total. The summed E-state index contributed by atoms with van der Waals surface area (Å²) in [6.07, 6.45) is -0.209. The first-order chi connectivity index (χ1) is 12.0. The van der Waals surface area contributed by atoms with Crippen LogP contribution in [0.3, 0.4) is 0 Å². The zero-order chi connectivity index (χ0) is 18.4. The third kappa shape index (κ3) is 4.76. The molecule has 0 aliphatic carbocycles. The van der Waals surface area contributed by atoms with Gasteiger partial charge in [-0.1, -0.05) is 18.5 Å². The average Bonchev–Trinajstić information content (AvgIpc) is 2.60. The molecule has 7 nitrogen and oxygen atoms in total. The lowest BCUT2D eigenvalue weighted by Crippen LogP contribution is -2.48. The summed E-state index contributed by atoms with van der Waals surface area (Å²) in [7, 11) is 0. The topological polar surface area (TPSA) is 85.3 Å². The number of aliphatic carboxylic acids is 1. The van der Waals surface area contributed by atoms with Crippen LogP contribution in [0.25, 0.3) is 0 Å². The maximum absolute atomic E-state index is 12.7. The van der Waals surface area contributed by atoms with Crippen LogP contribution in [0.5, 0.6) is 11.5 Å². The van der Waals surface area contributed by atoms with Gasteiger partial charge in [-0.25, -0.2) is 4.79 Å². The number of carboxylic acids is 1. The number of carbonyl (C=O) groups is 2. The molecular weight excluding hydrogens is 350 g/mol. The molecule has 1 saturated heterocycles. The van der Waals surface area contributed by atoms with Crippen LogP contribution < -0.4 is 9.47 Å². The van der Waals surface area contributed by atoms with E-state index in [9.17, 15) is 9.59 Å². The molecule has 0 bridgehead atoms. The molecular formula is C17H22ClNO6. The number of rotatable bonds is 7. The highest BCUT2D eigenvalue weighted by molar-refractivity contribution is 6.32. The lowest BCUT2D eigenvalue weighted by atomic mass is 10.1. The van der Waals surface area contributed by atoms with Crippen molar-refractivity contribution in [3.63, 3.8) is 0 Å². The number of carbonyl (C=O) groups excluding carboxylic acids is 1. The molecule has 1 heterocycles. The number of ether oxygens (including phenoxy) is 3. The van der Waals surface area contributed by atoms with E-state index in [-0.39, 0.29) is 24.1 Å². The molecule has 1 aromatic rings. The Morgan fingerprint density at radius 1 is 1.36 bits per heavy atom. The van der Waals surface area contributed by atoms with Gasteiger partial charge in [0.1, 0.15) is 0 Å². The van der Waals surface area contributed by atoms with Gasteiger partial charge in [-0.05, 0) is 25.5 Å². The van der Waals surface area contributed by atoms with Crippen molar-refractivity contribution in [3.8, 4) is 11.5 Å². The van der Waals surface area contributed by atoms with E-state index < -0.39 is 12.1 Å². The number of nitrogens with zero attached hydrogens (tertiary/aromatic N) is 1. The lowest BCUT2D eigenvalue weighted by Gasteiger charge is -2.31. The average molecular weight is 372 g/mol. The van der Waals surface area contributed by atoms with Crippen molar-refractivity contribution >= 4 is 23.5 Å². The van der Waals surface area contributed by atoms with Gasteiger partial charge in [-0.2, -0.15) is 0 Å². The van der Waals surface area contributed by atoms with Crippen LogP contribution in [0.15, 0.2) is 12.1 Å². The van der Waals surface area contributed by atoms with Crippen LogP contribution in [0.2, 0.25) is 5.02 Å². The largest absolute Gasteiger partial charge is 0.490 e. The first kappa shape index (κ1) is 19.3. The number of amides is 1. The van der Waals surface area contributed by atoms with Crippen LogP contribution in [0.4, 0.5) is 0 Å². The van der Waals surface area contributed by atoms with Crippen molar-refractivity contribution in [2.24, 2.45) is 0 Å². The molecule has 138 valence electrons. The summed E-state index contributed by atoms with van der Waals surface area (Å²) in [6, 6.07) is 3.09. The molecule has 1 atom stereocenters. The summed E-state index contributed by atoms with van der Waals surface area (Å²) in [5, 5.41) is 9.35. The number of hydrogen-bond acceptors (Lipinski definition) is 5. The molecule has 1 fully saturated rings. The normalized spacial score (nSPS) is 17.2. The van der Waals surface area contributed by atoms with E-state index in [4.69, 9.17) is 30.9 Å². The molecule has 1 aliphatic rings. The SMILES string of the molecule is CCCOc1c(Cl)cc(C(=O)N2CCO[C@H](C(=O)O)C2)cc1OCC. The van der Waals surface area contributed by atoms with Crippen LogP contribution in [-0.4, -0.2) is 60.9 Å². The smallest absolute Gasteiger partial charge is 0.334 e. The second-order valence-electron chi connectivity index (χ2n) is 5.52. The fourth-order valence-corrected chi connectivity index (χ4v) is 2.73. The van der Waals surface area contributed by atoms with Gasteiger partial charge in [0, 0.05) is 12.1 Å². The molecule has 25 heavy (non-hydrogen) atoms. The highest BCUT2D eigenvalue weighted by atomic mass is 35.5. The molecule has 0 unspecified atom stereocenters. The summed E-state index contributed by atoms with van der Waals surface area (Å²) in [4.78, 5) is 25.2. The van der Waals surface area contributed by atoms with E-state index in [1.807, 2.05) is 13.8 Å². The summed E-state index contributed by atoms with van der Waals surface area (Å²) in [5.74, 6) is -0.601. The number of halogens is 1. The van der Waals surface area contributed by atoms with Gasteiger partial charge < -0.3 is 24.2 Å². The Labute approximate surface area is 151 Å². The van der Waals surface area contributed by atoms with Gasteiger partial charge in [-0.3, -0.25) is 4.79 Å². The zero-order valence-corrected chi connectivity index (χ0v) is 15.0. The fraction of sp³-hybridized carbons (Fsp3) is 0.529. The van der Waals surface area contributed by atoms with E-state index in [1.54, 1.807) is 6.07 Å². The van der Waals surface area contributed by atoms with Crippen molar-refractivity contribution in [2.45, 2.75) is 26.4 Å². The van der Waals surface area contributed by atoms with Crippen molar-refractivity contribution in [1.82, 2.24) is 4.90 Å². The highest BCUT2D eigenvalue weighted by Crippen LogP contribution is 2.37. The molecule has 0 spiro atoms. The number of benzene rings is 1. The summed E-state index contributed by atoms with van der Waals surface area (Å²) in [6.45, 7) is 5.16. The third-order valence-electron chi connectivity index (χ3n) is 3.64. The lowest BCUT2D eigenvalue weighted by molar-refractivity contribution is -0.154. The highest BCUT2D eigenvalue weighted by Gasteiger charge is 2.30. The van der Waals surface area contributed by atoms with E-state index in [0.29, 0.717) is 36.8 Å². The molecule has 0 radical (unpaired) electrons. The van der Waals surface area contributed by atoms with Crippen LogP contribution >= 0.6 is 11.6 Å². The van der Waals surface area contributed by atoms with E-state index in [2.05, 4.69) is 0 Å². The Morgan fingerprint density at radius 2 is 2.12 bits per heavy atom. The minimum atomic E-state index is -1.09. The van der Waals surface area contributed by atoms with Crippen LogP contribution in [0, 0.1) is 0 Å². The maximum Gasteiger partial charge on any atom is 0.334 e. The Hall–Kier alpha value is -1.99. The Morgan fingerprint density at radius 3 is 2.76 bits per heavy atom. The standard InChI is InChI=1S/C17H22ClNO6/c1-3-6-25-15-12(18)8-11(9-13(15)23-4-2)16(20)19-5-7-24-14(10-19)17(21)22/h8-9,14H,3-7,10H2,1-2H3,(H,21,22)/t14-/m0/s1. The molecule has 1 aliphatic heterocycles. The van der Waals surface area contributed by atoms with E-state index in [1.165, 1.54) is 11.0 Å². The maximum atomic E-state index is 12.7. The molecule has 8 heteroatoms. The number of carboxylic acid groups (broad SMARTS) is 1. The second-order valence-corrected chi connectivity index (χ2v) is 5.92. The van der Waals surface area contributed by atoms with Gasteiger partial charge in [0.05, 0.1) is 31.4 Å². The second kappa shape index (κ2) is 8.92. The molecule has 1 amide bonds. The number of hydrogen-bond donors (Lipinski definition) is 1. The Bertz CT molecular complexity index is 636. The Balaban J connectivity index is 2.25. The van der Waals surface area contributed by atoms with Gasteiger partial charge in [-0.15, -0.1) is 0 Å². The number of morpholine rings is 1. The minimum Gasteiger partial charge on any atom is -0.490 e. The van der Waals surface area contributed by atoms with Gasteiger partial charge in [0.2, 0.25) is 0 Å². The Kier molecular flexibility index (Phi) is 6.90. The summed E-state index contributed by atoms with van der Waals surface area (Å²) in [5.41, 5.74) is 0.323. The zero-order valence-electron chi connectivity index (χ0n) is 14.3. The predicted octanol–water partition coefficient (Wildman–Crippen LogP) is 2.45. The van der Waals surface area contributed by atoms with Crippen LogP contribution in [0.1, 0.15) is 30.6 Å². The first-order valence-electron chi connectivity index (χ1n) is 8.20. The van der Waals surface area contributed by atoms with Crippen molar-refractivity contribution in [1.29, 1.82) is 0 Å². The third-order valence-corrected chi connectivity index (χ3v) is 3.92. The molecule has 0 saturated carbocycles. The quantitative estimate of drug-likeness (QED) is 0.792. The van der Waals surface area contributed by atoms with Gasteiger partial charge in [0.25, 0.3) is 5.91 Å². The van der Waals surface area contributed by atoms with Crippen molar-refractivity contribution in [2.75, 3.05) is 32.9 Å². The first-order valence-corrected chi connectivity index (χ1v) is 8.58. The summed E-state index contributed by atoms with van der Waals surface area (Å²) < 4.78 is 16.3. The van der Waals surface area contributed by atoms with Gasteiger partial charge >= 0.3 is 5.97 Å². The molecule has 0 aromatic heterocycles. The van der Waals surface area contributed by atoms with E-state index >= 15 is 0 Å². The van der Waals surface area contributed by atoms with Crippen LogP contribution in [-0.2, 0) is 9.53 Å². The molecule has 2 rings (SSSR count). The fourth-order valence-electron chi connectivity index (χ4n) is 2.46. The predicted molar refractivity (Wildman–Crippen MR) is 91.7 cm³/mol. The van der Waals surface area contributed by atoms with Gasteiger partial charge in [0.15, 0.2) is 17.6 Å². The minimum absolute atomic E-state index is 0.0101.